The number of hydrogen-bond donors (Lipinski definition) is 2. The fourth-order valence-electron chi connectivity index (χ4n) is 2.30. The number of aliphatic hydroxyl groups excluding tert-OH is 1. The van der Waals surface area contributed by atoms with Gasteiger partial charge in [0, 0.05) is 12.6 Å². The molecule has 0 aliphatic carbocycles. The predicted octanol–water partition coefficient (Wildman–Crippen LogP) is 3.40. The van der Waals surface area contributed by atoms with E-state index in [-0.39, 0.29) is 0 Å². The molecular weight excluding hydrogens is 262 g/mol. The summed E-state index contributed by atoms with van der Waals surface area (Å²) in [6.07, 6.45) is 2.86. The van der Waals surface area contributed by atoms with Crippen LogP contribution in [0, 0.1) is 5.92 Å². The highest BCUT2D eigenvalue weighted by Gasteiger charge is 2.10. The first-order valence-electron chi connectivity index (χ1n) is 8.18. The van der Waals surface area contributed by atoms with Crippen LogP contribution >= 0.6 is 0 Å². The second-order valence-electron chi connectivity index (χ2n) is 6.02. The summed E-state index contributed by atoms with van der Waals surface area (Å²) < 4.78 is 5.65. The molecule has 0 aromatic heterocycles. The van der Waals surface area contributed by atoms with Crippen LogP contribution in [0.4, 0.5) is 0 Å². The molecule has 0 saturated heterocycles. The molecule has 0 amide bonds. The molecule has 0 spiro atoms. The van der Waals surface area contributed by atoms with Crippen molar-refractivity contribution >= 4 is 0 Å². The van der Waals surface area contributed by atoms with Crippen LogP contribution in [-0.4, -0.2) is 30.4 Å². The van der Waals surface area contributed by atoms with Gasteiger partial charge in [-0.05, 0) is 43.4 Å². The molecule has 1 aromatic carbocycles. The zero-order valence-electron chi connectivity index (χ0n) is 13.9. The number of nitrogens with one attached hydrogen (secondary N) is 1. The third kappa shape index (κ3) is 7.49. The maximum atomic E-state index is 9.99. The predicted molar refractivity (Wildman–Crippen MR) is 88.9 cm³/mol. The van der Waals surface area contributed by atoms with E-state index in [1.54, 1.807) is 0 Å². The summed E-state index contributed by atoms with van der Waals surface area (Å²) in [5, 5.41) is 13.4. The first kappa shape index (κ1) is 18.0. The largest absolute Gasteiger partial charge is 0.491 e. The van der Waals surface area contributed by atoms with E-state index in [9.17, 15) is 5.11 Å². The van der Waals surface area contributed by atoms with Crippen molar-refractivity contribution in [2.75, 3.05) is 13.2 Å². The molecule has 3 atom stereocenters. The molecule has 0 heterocycles. The highest BCUT2D eigenvalue weighted by atomic mass is 16.5. The molecule has 120 valence electrons. The number of benzene rings is 1. The molecule has 0 fully saturated rings. The summed E-state index contributed by atoms with van der Waals surface area (Å²) in [5.74, 6) is 1.55. The van der Waals surface area contributed by atoms with Crippen LogP contribution in [0.15, 0.2) is 24.3 Å². The summed E-state index contributed by atoms with van der Waals surface area (Å²) in [6, 6.07) is 8.48. The van der Waals surface area contributed by atoms with Crippen molar-refractivity contribution in [2.24, 2.45) is 5.92 Å². The molecule has 0 radical (unpaired) electrons. The average Bonchev–Trinajstić information content (AvgIpc) is 2.50. The van der Waals surface area contributed by atoms with E-state index in [1.165, 1.54) is 12.0 Å². The lowest BCUT2D eigenvalue weighted by Crippen LogP contribution is -2.37. The first-order valence-corrected chi connectivity index (χ1v) is 8.18. The van der Waals surface area contributed by atoms with Gasteiger partial charge < -0.3 is 15.2 Å². The number of rotatable bonds is 10. The number of aryl methyl sites for hydroxylation is 1. The highest BCUT2D eigenvalue weighted by molar-refractivity contribution is 5.28. The third-order valence-corrected chi connectivity index (χ3v) is 3.90. The maximum absolute atomic E-state index is 9.99. The minimum absolute atomic E-state index is 0.330. The molecular formula is C18H31NO2. The summed E-state index contributed by atoms with van der Waals surface area (Å²) in [6.45, 7) is 9.67. The van der Waals surface area contributed by atoms with Crippen LogP contribution in [0.3, 0.4) is 0 Å². The molecule has 0 saturated carbocycles. The maximum Gasteiger partial charge on any atom is 0.119 e. The van der Waals surface area contributed by atoms with Gasteiger partial charge in [-0.1, -0.05) is 39.3 Å². The van der Waals surface area contributed by atoms with Crippen LogP contribution in [0.25, 0.3) is 0 Å². The zero-order valence-corrected chi connectivity index (χ0v) is 13.9. The van der Waals surface area contributed by atoms with Crippen molar-refractivity contribution in [3.05, 3.63) is 29.8 Å². The zero-order chi connectivity index (χ0) is 15.7. The molecule has 21 heavy (non-hydrogen) atoms. The Hall–Kier alpha value is -1.06. The number of aliphatic hydroxyl groups is 1. The summed E-state index contributed by atoms with van der Waals surface area (Å²) >= 11 is 0. The van der Waals surface area contributed by atoms with Crippen molar-refractivity contribution in [1.82, 2.24) is 5.32 Å². The molecule has 3 nitrogen and oxygen atoms in total. The monoisotopic (exact) mass is 293 g/mol. The first-order chi connectivity index (χ1) is 10.0. The quantitative estimate of drug-likeness (QED) is 0.694. The highest BCUT2D eigenvalue weighted by Crippen LogP contribution is 2.14. The van der Waals surface area contributed by atoms with Gasteiger partial charge in [0.25, 0.3) is 0 Å². The summed E-state index contributed by atoms with van der Waals surface area (Å²) in [4.78, 5) is 0. The van der Waals surface area contributed by atoms with Crippen molar-refractivity contribution in [2.45, 2.75) is 59.1 Å². The molecule has 3 heteroatoms. The van der Waals surface area contributed by atoms with Gasteiger partial charge in [0.15, 0.2) is 0 Å². The van der Waals surface area contributed by atoms with Crippen molar-refractivity contribution in [3.63, 3.8) is 0 Å². The van der Waals surface area contributed by atoms with Crippen LogP contribution < -0.4 is 10.1 Å². The third-order valence-electron chi connectivity index (χ3n) is 3.90. The molecule has 0 aliphatic rings. The molecule has 3 unspecified atom stereocenters. The Labute approximate surface area is 129 Å². The van der Waals surface area contributed by atoms with Crippen molar-refractivity contribution in [1.29, 1.82) is 0 Å². The minimum Gasteiger partial charge on any atom is -0.491 e. The fourth-order valence-corrected chi connectivity index (χ4v) is 2.30. The van der Waals surface area contributed by atoms with Gasteiger partial charge in [0.2, 0.25) is 0 Å². The normalized spacial score (nSPS) is 15.5. The van der Waals surface area contributed by atoms with E-state index >= 15 is 0 Å². The SMILES string of the molecule is CCc1cccc(OCC(O)CNC(C)CC(C)CC)c1. The fraction of sp³-hybridized carbons (Fsp3) is 0.667. The molecule has 1 rings (SSSR count). The van der Waals surface area contributed by atoms with Gasteiger partial charge in [-0.3, -0.25) is 0 Å². The van der Waals surface area contributed by atoms with Crippen LogP contribution in [0.2, 0.25) is 0 Å². The van der Waals surface area contributed by atoms with Crippen molar-refractivity contribution in [3.8, 4) is 5.75 Å². The Morgan fingerprint density at radius 3 is 2.67 bits per heavy atom. The lowest BCUT2D eigenvalue weighted by molar-refractivity contribution is 0.103. The summed E-state index contributed by atoms with van der Waals surface area (Å²) in [5.41, 5.74) is 1.25. The van der Waals surface area contributed by atoms with Crippen LogP contribution in [0.1, 0.15) is 46.1 Å². The van der Waals surface area contributed by atoms with E-state index in [1.807, 2.05) is 18.2 Å². The second-order valence-corrected chi connectivity index (χ2v) is 6.02. The van der Waals surface area contributed by atoms with E-state index < -0.39 is 6.10 Å². The van der Waals surface area contributed by atoms with E-state index in [2.05, 4.69) is 39.1 Å². The average molecular weight is 293 g/mol. The Balaban J connectivity index is 2.25. The Bertz CT molecular complexity index is 395. The number of ether oxygens (including phenoxy) is 1. The molecule has 0 bridgehead atoms. The Morgan fingerprint density at radius 2 is 2.00 bits per heavy atom. The Morgan fingerprint density at radius 1 is 1.24 bits per heavy atom. The van der Waals surface area contributed by atoms with Gasteiger partial charge in [-0.15, -0.1) is 0 Å². The smallest absolute Gasteiger partial charge is 0.119 e. The van der Waals surface area contributed by atoms with Crippen LogP contribution in [-0.2, 0) is 6.42 Å². The molecule has 0 aliphatic heterocycles. The molecule has 1 aromatic rings. The summed E-state index contributed by atoms with van der Waals surface area (Å²) in [7, 11) is 0. The van der Waals surface area contributed by atoms with E-state index in [0.717, 1.165) is 24.5 Å². The standard InChI is InChI=1S/C18H31NO2/c1-5-14(3)10-15(4)19-12-17(20)13-21-18-9-7-8-16(6-2)11-18/h7-9,11,14-15,17,19-20H,5-6,10,12-13H2,1-4H3. The lowest BCUT2D eigenvalue weighted by Gasteiger charge is -2.20. The van der Waals surface area contributed by atoms with E-state index in [0.29, 0.717) is 19.2 Å². The van der Waals surface area contributed by atoms with Gasteiger partial charge in [0.1, 0.15) is 18.5 Å². The Kier molecular flexibility index (Phi) is 8.40. The molecule has 2 N–H and O–H groups in total. The van der Waals surface area contributed by atoms with Gasteiger partial charge in [0.05, 0.1) is 0 Å². The van der Waals surface area contributed by atoms with Gasteiger partial charge >= 0.3 is 0 Å². The van der Waals surface area contributed by atoms with Crippen LogP contribution in [0.5, 0.6) is 5.75 Å². The lowest BCUT2D eigenvalue weighted by atomic mass is 10.0. The number of hydrogen-bond acceptors (Lipinski definition) is 3. The van der Waals surface area contributed by atoms with E-state index in [4.69, 9.17) is 4.74 Å². The minimum atomic E-state index is -0.477. The van der Waals surface area contributed by atoms with Gasteiger partial charge in [-0.2, -0.15) is 0 Å². The second kappa shape index (κ2) is 9.80. The topological polar surface area (TPSA) is 41.5 Å². The van der Waals surface area contributed by atoms with Gasteiger partial charge in [-0.25, -0.2) is 0 Å². The van der Waals surface area contributed by atoms with Crippen molar-refractivity contribution < 1.29 is 9.84 Å².